The van der Waals surface area contributed by atoms with Crippen LogP contribution in [0.1, 0.15) is 47.4 Å². The molecule has 1 aliphatic rings. The topological polar surface area (TPSA) is 21.1 Å². The van der Waals surface area contributed by atoms with Crippen molar-refractivity contribution >= 4 is 40.1 Å². The monoisotopic (exact) mass is 683 g/mol. The lowest BCUT2D eigenvalue weighted by molar-refractivity contribution is 0.660. The Morgan fingerprint density at radius 3 is 1.98 bits per heavy atom. The highest BCUT2D eigenvalue weighted by Crippen LogP contribution is 2.51. The molecule has 0 atom stereocenters. The van der Waals surface area contributed by atoms with Crippen LogP contribution in [-0.4, -0.2) is 9.55 Å². The van der Waals surface area contributed by atoms with Gasteiger partial charge >= 0.3 is 0 Å². The molecule has 3 heteroatoms. The summed E-state index contributed by atoms with van der Waals surface area (Å²) in [6, 6.07) is 54.7. The smallest absolute Gasteiger partial charge is 0.0537 e. The lowest BCUT2D eigenvalue weighted by atomic mass is 9.81. The molecule has 3 nitrogen and oxygen atoms in total. The van der Waals surface area contributed by atoms with Crippen LogP contribution in [0.25, 0.3) is 51.0 Å². The van der Waals surface area contributed by atoms with Crippen molar-refractivity contribution in [3.8, 4) is 27.9 Å². The van der Waals surface area contributed by atoms with E-state index < -0.39 is 0 Å². The fourth-order valence-corrected chi connectivity index (χ4v) is 8.14. The highest BCUT2D eigenvalue weighted by atomic mass is 15.1. The van der Waals surface area contributed by atoms with Gasteiger partial charge in [-0.15, -0.1) is 0 Å². The number of aromatic nitrogens is 2. The molecule has 0 N–H and O–H groups in total. The van der Waals surface area contributed by atoms with E-state index in [1.54, 1.807) is 0 Å². The van der Waals surface area contributed by atoms with Gasteiger partial charge in [-0.2, -0.15) is 0 Å². The molecule has 6 aromatic carbocycles. The second-order valence-electron chi connectivity index (χ2n) is 14.6. The Balaban J connectivity index is 1.02. The van der Waals surface area contributed by atoms with Gasteiger partial charge in [-0.05, 0) is 125 Å². The number of nitrogens with zero attached hydrogens (tertiary/aromatic N) is 3. The first-order chi connectivity index (χ1) is 25.9. The van der Waals surface area contributed by atoms with Gasteiger partial charge in [0.1, 0.15) is 0 Å². The molecule has 2 aromatic heterocycles. The van der Waals surface area contributed by atoms with E-state index in [0.29, 0.717) is 0 Å². The Morgan fingerprint density at radius 1 is 0.566 bits per heavy atom. The molecule has 0 spiro atoms. The van der Waals surface area contributed by atoms with Crippen LogP contribution in [0.3, 0.4) is 0 Å². The molecule has 0 saturated carbocycles. The van der Waals surface area contributed by atoms with Gasteiger partial charge in [0.05, 0.1) is 5.52 Å². The zero-order chi connectivity index (χ0) is 36.1. The molecule has 53 heavy (non-hydrogen) atoms. The Labute approximate surface area is 312 Å². The number of hydrogen-bond acceptors (Lipinski definition) is 2. The third-order valence-corrected chi connectivity index (χ3v) is 11.1. The number of pyridine rings is 1. The molecule has 1 aliphatic carbocycles. The molecule has 0 unspecified atom stereocenters. The fourth-order valence-electron chi connectivity index (χ4n) is 8.14. The zero-order valence-corrected chi connectivity index (χ0v) is 30.6. The number of fused-ring (bicyclic) bond motifs is 4. The molecule has 9 rings (SSSR count). The Kier molecular flexibility index (Phi) is 7.93. The Hall–Kier alpha value is -6.45. The first kappa shape index (κ1) is 32.5. The zero-order valence-electron chi connectivity index (χ0n) is 30.6. The fraction of sp³-hybridized carbons (Fsp3) is 0.100. The third-order valence-electron chi connectivity index (χ3n) is 11.1. The minimum absolute atomic E-state index is 0.118. The van der Waals surface area contributed by atoms with E-state index >= 15 is 0 Å². The van der Waals surface area contributed by atoms with Gasteiger partial charge in [0.15, 0.2) is 0 Å². The molecule has 0 radical (unpaired) electrons. The molecule has 8 aromatic rings. The number of rotatable bonds is 7. The van der Waals surface area contributed by atoms with Crippen molar-refractivity contribution in [3.63, 3.8) is 0 Å². The average molecular weight is 684 g/mol. The quantitative estimate of drug-likeness (QED) is 0.156. The predicted molar refractivity (Wildman–Crippen MR) is 224 cm³/mol. The molecule has 0 bridgehead atoms. The van der Waals surface area contributed by atoms with Crippen LogP contribution in [0, 0.1) is 13.8 Å². The summed E-state index contributed by atoms with van der Waals surface area (Å²) in [5, 5.41) is 1.33. The van der Waals surface area contributed by atoms with Crippen molar-refractivity contribution in [2.75, 3.05) is 4.90 Å². The van der Waals surface area contributed by atoms with Crippen LogP contribution in [-0.2, 0) is 5.41 Å². The number of anilines is 3. The van der Waals surface area contributed by atoms with Gasteiger partial charge in [-0.25, -0.2) is 0 Å². The van der Waals surface area contributed by atoms with Crippen LogP contribution in [0.15, 0.2) is 164 Å². The molecular weight excluding hydrogens is 643 g/mol. The summed E-state index contributed by atoms with van der Waals surface area (Å²) in [6.45, 7) is 9.23. The van der Waals surface area contributed by atoms with Crippen molar-refractivity contribution < 1.29 is 0 Å². The van der Waals surface area contributed by atoms with E-state index in [1.807, 2.05) is 18.5 Å². The summed E-state index contributed by atoms with van der Waals surface area (Å²) in [5.41, 5.74) is 18.4. The Morgan fingerprint density at radius 2 is 1.23 bits per heavy atom. The predicted octanol–water partition coefficient (Wildman–Crippen LogP) is 13.3. The van der Waals surface area contributed by atoms with Crippen LogP contribution in [0.2, 0.25) is 0 Å². The van der Waals surface area contributed by atoms with Crippen molar-refractivity contribution in [3.05, 3.63) is 198 Å². The minimum Gasteiger partial charge on any atom is -0.314 e. The van der Waals surface area contributed by atoms with Gasteiger partial charge in [0, 0.05) is 57.2 Å². The van der Waals surface area contributed by atoms with E-state index in [0.717, 1.165) is 33.8 Å². The standard InChI is InChI=1S/C50H41N3/c1-34-35(2)52(40-15-7-5-8-16-40)49-32-48-46(31-45(34)49)44-27-24-37(29-47(44)50(48,3)4)21-20-36-22-25-42(26-23-36)53(41-17-9-6-10-18-41)43-19-11-13-38(30-43)39-14-12-28-51-33-39/h5-33H,1-4H3/b21-20+. The van der Waals surface area contributed by atoms with E-state index in [4.69, 9.17) is 0 Å². The largest absolute Gasteiger partial charge is 0.314 e. The lowest BCUT2D eigenvalue weighted by Gasteiger charge is -2.26. The van der Waals surface area contributed by atoms with Crippen LogP contribution >= 0.6 is 0 Å². The van der Waals surface area contributed by atoms with Crippen molar-refractivity contribution in [1.82, 2.24) is 9.55 Å². The third kappa shape index (κ3) is 5.66. The molecule has 0 aliphatic heterocycles. The summed E-state index contributed by atoms with van der Waals surface area (Å²) < 4.78 is 2.42. The molecule has 256 valence electrons. The van der Waals surface area contributed by atoms with Crippen molar-refractivity contribution in [2.24, 2.45) is 0 Å². The summed E-state index contributed by atoms with van der Waals surface area (Å²) in [4.78, 5) is 6.65. The molecule has 0 fully saturated rings. The van der Waals surface area contributed by atoms with E-state index in [-0.39, 0.29) is 5.41 Å². The number of para-hydroxylation sites is 2. The summed E-state index contributed by atoms with van der Waals surface area (Å²) in [6.07, 6.45) is 8.19. The van der Waals surface area contributed by atoms with Crippen LogP contribution in [0.4, 0.5) is 17.1 Å². The van der Waals surface area contributed by atoms with Gasteiger partial charge in [-0.1, -0.05) is 111 Å². The molecule has 0 saturated heterocycles. The van der Waals surface area contributed by atoms with E-state index in [1.165, 1.54) is 55.7 Å². The highest BCUT2D eigenvalue weighted by Gasteiger charge is 2.36. The van der Waals surface area contributed by atoms with Gasteiger partial charge in [0.25, 0.3) is 0 Å². The number of hydrogen-bond donors (Lipinski definition) is 0. The molecular formula is C50H41N3. The normalized spacial score (nSPS) is 13.0. The summed E-state index contributed by atoms with van der Waals surface area (Å²) in [7, 11) is 0. The highest BCUT2D eigenvalue weighted by molar-refractivity contribution is 5.96. The maximum atomic E-state index is 4.34. The maximum Gasteiger partial charge on any atom is 0.0537 e. The van der Waals surface area contributed by atoms with Crippen LogP contribution in [0.5, 0.6) is 0 Å². The first-order valence-corrected chi connectivity index (χ1v) is 18.4. The van der Waals surface area contributed by atoms with Gasteiger partial charge < -0.3 is 9.47 Å². The maximum absolute atomic E-state index is 4.34. The lowest BCUT2D eigenvalue weighted by Crippen LogP contribution is -2.15. The summed E-state index contributed by atoms with van der Waals surface area (Å²) in [5.74, 6) is 0. The molecule has 0 amide bonds. The van der Waals surface area contributed by atoms with Crippen molar-refractivity contribution in [2.45, 2.75) is 33.1 Å². The van der Waals surface area contributed by atoms with Gasteiger partial charge in [0.2, 0.25) is 0 Å². The number of benzene rings is 6. The minimum atomic E-state index is -0.118. The first-order valence-electron chi connectivity index (χ1n) is 18.4. The second-order valence-corrected chi connectivity index (χ2v) is 14.6. The van der Waals surface area contributed by atoms with Crippen LogP contribution < -0.4 is 4.90 Å². The van der Waals surface area contributed by atoms with Crippen molar-refractivity contribution in [1.29, 1.82) is 0 Å². The second kappa shape index (κ2) is 13.0. The Bertz CT molecular complexity index is 2630. The summed E-state index contributed by atoms with van der Waals surface area (Å²) >= 11 is 0. The molecule has 2 heterocycles. The average Bonchev–Trinajstić information content (AvgIpc) is 3.58. The SMILES string of the molecule is Cc1c(C)n(-c2ccccc2)c2cc3c(cc12)-c1ccc(/C=C/c2ccc(N(c4ccccc4)c4cccc(-c5cccnc5)c4)cc2)cc1C3(C)C. The van der Waals surface area contributed by atoms with E-state index in [2.05, 4.69) is 200 Å². The number of aryl methyl sites for hydroxylation is 1. The van der Waals surface area contributed by atoms with E-state index in [9.17, 15) is 0 Å². The van der Waals surface area contributed by atoms with Gasteiger partial charge in [-0.3, -0.25) is 4.98 Å².